The molecule has 0 heterocycles. The molecule has 2 aromatic carbocycles. The van der Waals surface area contributed by atoms with Gasteiger partial charge in [-0.25, -0.2) is 0 Å². The first-order valence-corrected chi connectivity index (χ1v) is 16.9. The van der Waals surface area contributed by atoms with Gasteiger partial charge in [-0.1, -0.05) is 138 Å². The fraction of sp³-hybridized carbons (Fsp3) is 0.700. The maximum atomic E-state index is 2.75. The molecule has 0 saturated heterocycles. The number of benzene rings is 2. The zero-order valence-electron chi connectivity index (χ0n) is 27.9. The molecule has 1 spiro atoms. The van der Waals surface area contributed by atoms with Gasteiger partial charge < -0.3 is 0 Å². The molecule has 0 heteroatoms. The molecular weight excluding hydrogens is 480 g/mol. The van der Waals surface area contributed by atoms with E-state index in [9.17, 15) is 0 Å². The zero-order valence-corrected chi connectivity index (χ0v) is 27.9. The van der Waals surface area contributed by atoms with E-state index in [1.54, 1.807) is 22.3 Å². The van der Waals surface area contributed by atoms with E-state index >= 15 is 0 Å². The van der Waals surface area contributed by atoms with E-state index in [2.05, 4.69) is 113 Å². The Labute approximate surface area is 247 Å². The molecule has 4 aliphatic carbocycles. The molecule has 0 aromatic heterocycles. The van der Waals surface area contributed by atoms with Crippen molar-refractivity contribution in [2.45, 2.75) is 144 Å². The number of hydrogen-bond acceptors (Lipinski definition) is 0. The molecule has 3 fully saturated rings. The lowest BCUT2D eigenvalue weighted by Crippen LogP contribution is -2.42. The average Bonchev–Trinajstić information content (AvgIpc) is 3.05. The third kappa shape index (κ3) is 3.38. The van der Waals surface area contributed by atoms with Crippen molar-refractivity contribution in [3.63, 3.8) is 0 Å². The topological polar surface area (TPSA) is 0 Å². The van der Waals surface area contributed by atoms with E-state index in [0.29, 0.717) is 22.2 Å². The molecule has 2 aromatic rings. The first kappa shape index (κ1) is 28.6. The molecule has 0 bridgehead atoms. The van der Waals surface area contributed by atoms with Crippen LogP contribution < -0.4 is 0 Å². The van der Waals surface area contributed by atoms with Crippen molar-refractivity contribution in [3.05, 3.63) is 58.7 Å². The van der Waals surface area contributed by atoms with Crippen LogP contribution in [0.25, 0.3) is 11.1 Å². The maximum Gasteiger partial charge on any atom is 0.0251 e. The molecule has 0 nitrogen and oxygen atoms in total. The summed E-state index contributed by atoms with van der Waals surface area (Å²) >= 11 is 0. The summed E-state index contributed by atoms with van der Waals surface area (Å²) in [6, 6.07) is 15.4. The Morgan fingerprint density at radius 3 is 1.75 bits per heavy atom. The zero-order chi connectivity index (χ0) is 29.1. The quantitative estimate of drug-likeness (QED) is 0.329. The fourth-order valence-electron chi connectivity index (χ4n) is 11.2. The molecular formula is C40H58. The first-order valence-electron chi connectivity index (χ1n) is 16.9. The third-order valence-electron chi connectivity index (χ3n) is 13.9. The van der Waals surface area contributed by atoms with Crippen LogP contribution in [0.5, 0.6) is 0 Å². The number of unbranched alkanes of at least 4 members (excludes halogenated alkanes) is 1. The summed E-state index contributed by atoms with van der Waals surface area (Å²) in [5.74, 6) is 2.41. The van der Waals surface area contributed by atoms with Crippen molar-refractivity contribution in [3.8, 4) is 11.1 Å². The summed E-state index contributed by atoms with van der Waals surface area (Å²) in [7, 11) is 0. The van der Waals surface area contributed by atoms with Crippen molar-refractivity contribution < 1.29 is 0 Å². The Morgan fingerprint density at radius 1 is 0.825 bits per heavy atom. The highest BCUT2D eigenvalue weighted by Gasteiger charge is 2.90. The number of hydrogen-bond donors (Lipinski definition) is 0. The standard InChI is InChI=1S/C40H58/c1-12-14-15-26(13-2)25-39(34-24-29-20-21-40(29)37(9,10)38(34,40)11)32-22-27(35(3,4)5)16-18-30(32)31-19-17-28(23-33(31)39)36(6,7)8/h16-19,22-23,26,29,34H,12-15,20-21,24-25H2,1-11H3. The van der Waals surface area contributed by atoms with Crippen molar-refractivity contribution in [2.24, 2.45) is 34.0 Å². The summed E-state index contributed by atoms with van der Waals surface area (Å²) in [4.78, 5) is 0. The Bertz CT molecular complexity index is 1250. The first-order chi connectivity index (χ1) is 18.6. The number of fused-ring (bicyclic) bond motifs is 3. The summed E-state index contributed by atoms with van der Waals surface area (Å²) in [5.41, 5.74) is 11.3. The molecule has 3 saturated carbocycles. The molecule has 218 valence electrons. The molecule has 0 aliphatic heterocycles. The highest BCUT2D eigenvalue weighted by Crippen LogP contribution is 2.96. The summed E-state index contributed by atoms with van der Waals surface area (Å²) in [6.07, 6.45) is 11.0. The van der Waals surface area contributed by atoms with Crippen LogP contribution in [0, 0.1) is 34.0 Å². The van der Waals surface area contributed by atoms with Crippen LogP contribution in [0.15, 0.2) is 36.4 Å². The molecule has 5 atom stereocenters. The largest absolute Gasteiger partial charge is 0.0654 e. The second-order valence-corrected chi connectivity index (χ2v) is 17.4. The van der Waals surface area contributed by atoms with Gasteiger partial charge in [-0.2, -0.15) is 0 Å². The lowest BCUT2D eigenvalue weighted by Gasteiger charge is -2.47. The van der Waals surface area contributed by atoms with Gasteiger partial charge in [0, 0.05) is 5.41 Å². The van der Waals surface area contributed by atoms with Gasteiger partial charge in [-0.05, 0) is 104 Å². The Balaban J connectivity index is 1.66. The van der Waals surface area contributed by atoms with Crippen molar-refractivity contribution >= 4 is 0 Å². The van der Waals surface area contributed by atoms with Crippen LogP contribution in [0.4, 0.5) is 0 Å². The summed E-state index contributed by atoms with van der Waals surface area (Å²) in [6.45, 7) is 27.3. The van der Waals surface area contributed by atoms with Gasteiger partial charge >= 0.3 is 0 Å². The Kier molecular flexibility index (Phi) is 6.24. The molecule has 4 aliphatic rings. The van der Waals surface area contributed by atoms with E-state index < -0.39 is 0 Å². The Morgan fingerprint density at radius 2 is 1.38 bits per heavy atom. The van der Waals surface area contributed by atoms with Gasteiger partial charge in [0.05, 0.1) is 0 Å². The molecule has 0 N–H and O–H groups in total. The predicted molar refractivity (Wildman–Crippen MR) is 173 cm³/mol. The van der Waals surface area contributed by atoms with Crippen LogP contribution in [-0.4, -0.2) is 0 Å². The molecule has 6 rings (SSSR count). The van der Waals surface area contributed by atoms with E-state index in [1.165, 1.54) is 62.5 Å². The van der Waals surface area contributed by atoms with Gasteiger partial charge in [-0.15, -0.1) is 0 Å². The summed E-state index contributed by atoms with van der Waals surface area (Å²) < 4.78 is 0. The fourth-order valence-corrected chi connectivity index (χ4v) is 11.2. The monoisotopic (exact) mass is 538 g/mol. The van der Waals surface area contributed by atoms with E-state index in [4.69, 9.17) is 0 Å². The molecule has 5 unspecified atom stereocenters. The minimum absolute atomic E-state index is 0.106. The highest BCUT2D eigenvalue weighted by atomic mass is 14.9. The van der Waals surface area contributed by atoms with Crippen molar-refractivity contribution in [2.75, 3.05) is 0 Å². The van der Waals surface area contributed by atoms with Gasteiger partial charge in [0.1, 0.15) is 0 Å². The van der Waals surface area contributed by atoms with E-state index in [1.807, 2.05) is 0 Å². The van der Waals surface area contributed by atoms with Crippen LogP contribution in [0.3, 0.4) is 0 Å². The van der Waals surface area contributed by atoms with Crippen LogP contribution in [0.2, 0.25) is 0 Å². The van der Waals surface area contributed by atoms with Gasteiger partial charge in [0.2, 0.25) is 0 Å². The molecule has 0 radical (unpaired) electrons. The predicted octanol–water partition coefficient (Wildman–Crippen LogP) is 11.6. The van der Waals surface area contributed by atoms with Crippen molar-refractivity contribution in [1.82, 2.24) is 0 Å². The molecule has 40 heavy (non-hydrogen) atoms. The second-order valence-electron chi connectivity index (χ2n) is 17.4. The van der Waals surface area contributed by atoms with Crippen molar-refractivity contribution in [1.29, 1.82) is 0 Å². The normalized spacial score (nSPS) is 31.6. The Hall–Kier alpha value is -1.56. The van der Waals surface area contributed by atoms with Crippen LogP contribution in [-0.2, 0) is 16.2 Å². The maximum absolute atomic E-state index is 2.75. The second kappa shape index (κ2) is 8.74. The van der Waals surface area contributed by atoms with Crippen LogP contribution >= 0.6 is 0 Å². The minimum atomic E-state index is 0.106. The highest BCUT2D eigenvalue weighted by molar-refractivity contribution is 5.83. The lowest BCUT2D eigenvalue weighted by atomic mass is 9.56. The summed E-state index contributed by atoms with van der Waals surface area (Å²) in [5, 5.41) is 0. The van der Waals surface area contributed by atoms with Crippen LogP contribution in [0.1, 0.15) is 150 Å². The van der Waals surface area contributed by atoms with E-state index in [0.717, 1.165) is 11.8 Å². The SMILES string of the molecule is CCCCC(CC)CC1(C2CC3CCC34C(C)(C)C24C)c2cc(C(C)(C)C)ccc2-c2ccc(C(C)(C)C)cc21. The minimum Gasteiger partial charge on any atom is -0.0654 e. The molecule has 0 amide bonds. The van der Waals surface area contributed by atoms with Gasteiger partial charge in [0.15, 0.2) is 0 Å². The lowest BCUT2D eigenvalue weighted by molar-refractivity contribution is 0.0996. The smallest absolute Gasteiger partial charge is 0.0251 e. The third-order valence-corrected chi connectivity index (χ3v) is 13.9. The van der Waals surface area contributed by atoms with E-state index in [-0.39, 0.29) is 16.2 Å². The van der Waals surface area contributed by atoms with Gasteiger partial charge in [-0.3, -0.25) is 0 Å². The number of rotatable bonds is 7. The van der Waals surface area contributed by atoms with Gasteiger partial charge in [0.25, 0.3) is 0 Å². The average molecular weight is 539 g/mol.